The van der Waals surface area contributed by atoms with Crippen molar-refractivity contribution in [2.45, 2.75) is 58.5 Å². The highest BCUT2D eigenvalue weighted by Gasteiger charge is 2.24. The lowest BCUT2D eigenvalue weighted by Gasteiger charge is -2.34. The summed E-state index contributed by atoms with van der Waals surface area (Å²) in [4.78, 5) is 13.0. The minimum atomic E-state index is 0.525. The van der Waals surface area contributed by atoms with Gasteiger partial charge in [0.2, 0.25) is 5.95 Å². The fourth-order valence-electron chi connectivity index (χ4n) is 3.09. The predicted octanol–water partition coefficient (Wildman–Crippen LogP) is 4.08. The van der Waals surface area contributed by atoms with Crippen molar-refractivity contribution in [1.82, 2.24) is 9.97 Å². The molecule has 118 valence electrons. The lowest BCUT2D eigenvalue weighted by atomic mass is 9.94. The number of hydrogen-bond donors (Lipinski definition) is 1. The molecule has 0 amide bonds. The maximum absolute atomic E-state index is 6.09. The minimum absolute atomic E-state index is 0.525. The van der Waals surface area contributed by atoms with Crippen molar-refractivity contribution in [1.29, 1.82) is 0 Å². The Morgan fingerprint density at radius 2 is 2.00 bits per heavy atom. The molecule has 22 heavy (non-hydrogen) atoms. The number of nitrogen functional groups attached to an aromatic ring is 1. The normalized spacial score (nSPS) is 15.9. The summed E-state index contributed by atoms with van der Waals surface area (Å²) in [5.41, 5.74) is 8.06. The molecular formula is C17H24N4S. The number of thiophene rings is 1. The first-order valence-corrected chi connectivity index (χ1v) is 8.93. The Morgan fingerprint density at radius 3 is 2.64 bits per heavy atom. The first-order valence-electron chi connectivity index (χ1n) is 8.05. The maximum Gasteiger partial charge on any atom is 0.228 e. The summed E-state index contributed by atoms with van der Waals surface area (Å²) in [7, 11) is 0. The fourth-order valence-corrected chi connectivity index (χ4v) is 3.79. The number of nitrogens with zero attached hydrogens (tertiary/aromatic N) is 3. The molecule has 1 saturated carbocycles. The summed E-state index contributed by atoms with van der Waals surface area (Å²) >= 11 is 1.79. The van der Waals surface area contributed by atoms with Gasteiger partial charge < -0.3 is 10.6 Å². The molecule has 5 heteroatoms. The van der Waals surface area contributed by atoms with Gasteiger partial charge in [-0.15, -0.1) is 11.3 Å². The number of aromatic nitrogens is 2. The molecule has 2 aromatic rings. The highest BCUT2D eigenvalue weighted by Crippen LogP contribution is 2.29. The van der Waals surface area contributed by atoms with Gasteiger partial charge in [0.05, 0.1) is 6.54 Å². The molecule has 1 aliphatic rings. The summed E-state index contributed by atoms with van der Waals surface area (Å²) < 4.78 is 0. The second kappa shape index (κ2) is 6.65. The van der Waals surface area contributed by atoms with Crippen molar-refractivity contribution in [2.75, 3.05) is 10.6 Å². The van der Waals surface area contributed by atoms with E-state index in [9.17, 15) is 0 Å². The summed E-state index contributed by atoms with van der Waals surface area (Å²) in [5.74, 6) is 1.40. The summed E-state index contributed by atoms with van der Waals surface area (Å²) in [5, 5.41) is 2.13. The number of nitrogens with two attached hydrogens (primary N) is 1. The largest absolute Gasteiger partial charge is 0.383 e. The third-order valence-corrected chi connectivity index (χ3v) is 5.45. The van der Waals surface area contributed by atoms with Gasteiger partial charge in [-0.05, 0) is 38.1 Å². The minimum Gasteiger partial charge on any atom is -0.383 e. The first-order chi connectivity index (χ1) is 10.6. The van der Waals surface area contributed by atoms with E-state index in [4.69, 9.17) is 10.7 Å². The van der Waals surface area contributed by atoms with E-state index in [0.29, 0.717) is 11.9 Å². The molecule has 2 heterocycles. The van der Waals surface area contributed by atoms with Crippen LogP contribution in [-0.4, -0.2) is 16.0 Å². The average molecular weight is 316 g/mol. The van der Waals surface area contributed by atoms with Crippen molar-refractivity contribution in [3.8, 4) is 0 Å². The van der Waals surface area contributed by atoms with Crippen LogP contribution in [0.2, 0.25) is 0 Å². The van der Waals surface area contributed by atoms with E-state index in [0.717, 1.165) is 23.8 Å². The Morgan fingerprint density at radius 1 is 1.23 bits per heavy atom. The topological polar surface area (TPSA) is 55.0 Å². The molecule has 0 unspecified atom stereocenters. The van der Waals surface area contributed by atoms with Gasteiger partial charge in [0.15, 0.2) is 0 Å². The maximum atomic E-state index is 6.09. The Kier molecular flexibility index (Phi) is 4.62. The van der Waals surface area contributed by atoms with Crippen molar-refractivity contribution in [2.24, 2.45) is 0 Å². The molecule has 0 aliphatic heterocycles. The third kappa shape index (κ3) is 3.24. The highest BCUT2D eigenvalue weighted by atomic mass is 32.1. The number of aryl methyl sites for hydroxylation is 1. The quantitative estimate of drug-likeness (QED) is 0.923. The lowest BCUT2D eigenvalue weighted by molar-refractivity contribution is 0.409. The zero-order valence-corrected chi connectivity index (χ0v) is 14.2. The van der Waals surface area contributed by atoms with Gasteiger partial charge in [0.1, 0.15) is 5.82 Å². The summed E-state index contributed by atoms with van der Waals surface area (Å²) in [6.07, 6.45) is 6.39. The van der Waals surface area contributed by atoms with Gasteiger partial charge in [0, 0.05) is 22.2 Å². The van der Waals surface area contributed by atoms with Gasteiger partial charge >= 0.3 is 0 Å². The fraction of sp³-hybridized carbons (Fsp3) is 0.529. The van der Waals surface area contributed by atoms with Crippen molar-refractivity contribution >= 4 is 23.1 Å². The Balaban J connectivity index is 1.93. The van der Waals surface area contributed by atoms with Gasteiger partial charge in [-0.2, -0.15) is 4.98 Å². The van der Waals surface area contributed by atoms with Crippen molar-refractivity contribution in [3.63, 3.8) is 0 Å². The van der Waals surface area contributed by atoms with Gasteiger partial charge in [-0.3, -0.25) is 0 Å². The molecule has 1 fully saturated rings. The van der Waals surface area contributed by atoms with Gasteiger partial charge in [0.25, 0.3) is 0 Å². The number of hydrogen-bond acceptors (Lipinski definition) is 5. The Hall–Kier alpha value is -1.62. The van der Waals surface area contributed by atoms with Gasteiger partial charge in [-0.25, -0.2) is 4.98 Å². The molecule has 2 N–H and O–H groups in total. The molecule has 1 aliphatic carbocycles. The molecule has 0 spiro atoms. The van der Waals surface area contributed by atoms with Crippen LogP contribution < -0.4 is 10.6 Å². The van der Waals surface area contributed by atoms with Crippen LogP contribution in [-0.2, 0) is 6.54 Å². The van der Waals surface area contributed by atoms with Crippen LogP contribution in [0.1, 0.15) is 48.2 Å². The van der Waals surface area contributed by atoms with Crippen LogP contribution in [0.5, 0.6) is 0 Å². The van der Waals surface area contributed by atoms with Crippen molar-refractivity contribution in [3.05, 3.63) is 33.6 Å². The zero-order chi connectivity index (χ0) is 15.5. The van der Waals surface area contributed by atoms with Gasteiger partial charge in [-0.1, -0.05) is 25.3 Å². The van der Waals surface area contributed by atoms with E-state index < -0.39 is 0 Å². The molecule has 3 rings (SSSR count). The summed E-state index contributed by atoms with van der Waals surface area (Å²) in [6.45, 7) is 4.88. The molecular weight excluding hydrogens is 292 g/mol. The smallest absolute Gasteiger partial charge is 0.228 e. The van der Waals surface area contributed by atoms with Crippen LogP contribution >= 0.6 is 11.3 Å². The Bertz CT molecular complexity index is 595. The van der Waals surface area contributed by atoms with Crippen molar-refractivity contribution < 1.29 is 0 Å². The first kappa shape index (κ1) is 15.3. The second-order valence-corrected chi connectivity index (χ2v) is 7.15. The molecule has 2 aromatic heterocycles. The lowest BCUT2D eigenvalue weighted by Crippen LogP contribution is -2.37. The van der Waals surface area contributed by atoms with Crippen LogP contribution in [0.25, 0.3) is 0 Å². The average Bonchev–Trinajstić information content (AvgIpc) is 3.04. The molecule has 0 atom stereocenters. The highest BCUT2D eigenvalue weighted by molar-refractivity contribution is 7.09. The summed E-state index contributed by atoms with van der Waals surface area (Å²) in [6, 6.07) is 4.82. The van der Waals surface area contributed by atoms with E-state index >= 15 is 0 Å². The number of rotatable bonds is 4. The molecule has 4 nitrogen and oxygen atoms in total. The molecule has 0 aromatic carbocycles. The molecule has 0 saturated heterocycles. The van der Waals surface area contributed by atoms with E-state index in [1.807, 2.05) is 13.8 Å². The van der Waals surface area contributed by atoms with Crippen LogP contribution in [0, 0.1) is 13.8 Å². The van der Waals surface area contributed by atoms with E-state index in [1.165, 1.54) is 37.0 Å². The Labute approximate surface area is 136 Å². The van der Waals surface area contributed by atoms with Crippen LogP contribution in [0.4, 0.5) is 11.8 Å². The van der Waals surface area contributed by atoms with E-state index in [1.54, 1.807) is 11.3 Å². The van der Waals surface area contributed by atoms with Crippen LogP contribution in [0.3, 0.4) is 0 Å². The van der Waals surface area contributed by atoms with Crippen LogP contribution in [0.15, 0.2) is 17.5 Å². The molecule has 0 radical (unpaired) electrons. The monoisotopic (exact) mass is 316 g/mol. The third-order valence-electron chi connectivity index (χ3n) is 4.59. The SMILES string of the molecule is Cc1nc(N(Cc2cccs2)C2CCCCC2)nc(N)c1C. The van der Waals surface area contributed by atoms with E-state index in [2.05, 4.69) is 27.4 Å². The zero-order valence-electron chi connectivity index (χ0n) is 13.4. The van der Waals surface area contributed by atoms with E-state index in [-0.39, 0.29) is 0 Å². The standard InChI is InChI=1S/C17H24N4S/c1-12-13(2)19-17(20-16(12)18)21(11-15-9-6-10-22-15)14-7-4-3-5-8-14/h6,9-10,14H,3-5,7-8,11H2,1-2H3,(H2,18,19,20). The number of anilines is 2. The molecule has 0 bridgehead atoms. The second-order valence-electron chi connectivity index (χ2n) is 6.12. The predicted molar refractivity (Wildman–Crippen MR) is 93.3 cm³/mol.